The minimum Gasteiger partial charge on any atom is -0.469 e. The fourth-order valence-corrected chi connectivity index (χ4v) is 5.46. The zero-order valence-electron chi connectivity index (χ0n) is 15.6. The van der Waals surface area contributed by atoms with Gasteiger partial charge >= 0.3 is 0 Å². The second-order valence-corrected chi connectivity index (χ2v) is 8.50. The number of amides is 1. The summed E-state index contributed by atoms with van der Waals surface area (Å²) in [6, 6.07) is 4.12. The third-order valence-electron chi connectivity index (χ3n) is 4.75. The fourth-order valence-electron chi connectivity index (χ4n) is 3.40. The van der Waals surface area contributed by atoms with E-state index in [9.17, 15) is 10.1 Å². The number of hydrogen-bond donors (Lipinski definition) is 1. The van der Waals surface area contributed by atoms with Crippen molar-refractivity contribution in [3.05, 3.63) is 34.1 Å². The lowest BCUT2D eigenvalue weighted by Crippen LogP contribution is -2.14. The van der Waals surface area contributed by atoms with Gasteiger partial charge in [-0.1, -0.05) is 11.8 Å². The average Bonchev–Trinajstić information content (AvgIpc) is 3.43. The predicted octanol–water partition coefficient (Wildman–Crippen LogP) is 4.02. The molecule has 28 heavy (non-hydrogen) atoms. The first kappa shape index (κ1) is 18.8. The van der Waals surface area contributed by atoms with Crippen LogP contribution in [0.4, 0.5) is 5.00 Å². The SMILES string of the molecule is CCn1c(SCC(=O)Nc2sc3c(c2C#N)CCC3)nnc1-c1ccoc1C. The van der Waals surface area contributed by atoms with E-state index in [4.69, 9.17) is 4.42 Å². The Morgan fingerprint density at radius 3 is 3.04 bits per heavy atom. The van der Waals surface area contributed by atoms with Crippen molar-refractivity contribution in [1.82, 2.24) is 14.8 Å². The van der Waals surface area contributed by atoms with Crippen LogP contribution in [0.2, 0.25) is 0 Å². The summed E-state index contributed by atoms with van der Waals surface area (Å²) in [7, 11) is 0. The van der Waals surface area contributed by atoms with Crippen molar-refractivity contribution in [2.24, 2.45) is 0 Å². The van der Waals surface area contributed by atoms with E-state index in [1.54, 1.807) is 6.26 Å². The Morgan fingerprint density at radius 2 is 2.32 bits per heavy atom. The molecule has 144 valence electrons. The van der Waals surface area contributed by atoms with Crippen LogP contribution in [-0.2, 0) is 24.2 Å². The summed E-state index contributed by atoms with van der Waals surface area (Å²) < 4.78 is 7.33. The van der Waals surface area contributed by atoms with E-state index >= 15 is 0 Å². The second kappa shape index (κ2) is 7.81. The van der Waals surface area contributed by atoms with Gasteiger partial charge in [-0.15, -0.1) is 21.5 Å². The Bertz CT molecular complexity index is 1070. The first-order valence-electron chi connectivity index (χ1n) is 9.07. The molecule has 0 unspecified atom stereocenters. The van der Waals surface area contributed by atoms with Crippen LogP contribution >= 0.6 is 23.1 Å². The molecule has 0 aromatic carbocycles. The summed E-state index contributed by atoms with van der Waals surface area (Å²) in [6.45, 7) is 4.58. The highest BCUT2D eigenvalue weighted by atomic mass is 32.2. The van der Waals surface area contributed by atoms with E-state index in [-0.39, 0.29) is 11.7 Å². The number of carbonyl (C=O) groups is 1. The number of hydrogen-bond acceptors (Lipinski definition) is 7. The summed E-state index contributed by atoms with van der Waals surface area (Å²) in [5.74, 6) is 1.58. The lowest BCUT2D eigenvalue weighted by atomic mass is 10.1. The Labute approximate surface area is 170 Å². The molecule has 1 aliphatic rings. The molecule has 1 amide bonds. The van der Waals surface area contributed by atoms with Crippen LogP contribution in [0.25, 0.3) is 11.4 Å². The molecule has 3 heterocycles. The maximum atomic E-state index is 12.5. The molecule has 3 aromatic heterocycles. The number of nitriles is 1. The molecular formula is C19H19N5O2S2. The number of rotatable bonds is 6. The van der Waals surface area contributed by atoms with Gasteiger partial charge in [-0.25, -0.2) is 0 Å². The average molecular weight is 414 g/mol. The van der Waals surface area contributed by atoms with Gasteiger partial charge in [-0.2, -0.15) is 5.26 Å². The molecule has 0 bridgehead atoms. The minimum absolute atomic E-state index is 0.145. The molecule has 0 radical (unpaired) electrons. The van der Waals surface area contributed by atoms with Gasteiger partial charge in [0.1, 0.15) is 16.8 Å². The zero-order chi connectivity index (χ0) is 19.7. The van der Waals surface area contributed by atoms with E-state index in [2.05, 4.69) is 21.6 Å². The Morgan fingerprint density at radius 1 is 1.46 bits per heavy atom. The van der Waals surface area contributed by atoms with Gasteiger partial charge in [0.05, 0.1) is 23.1 Å². The van der Waals surface area contributed by atoms with Crippen LogP contribution in [0, 0.1) is 18.3 Å². The molecule has 7 nitrogen and oxygen atoms in total. The lowest BCUT2D eigenvalue weighted by Gasteiger charge is -2.07. The monoisotopic (exact) mass is 413 g/mol. The van der Waals surface area contributed by atoms with Crippen LogP contribution in [0.5, 0.6) is 0 Å². The number of aromatic nitrogens is 3. The van der Waals surface area contributed by atoms with Gasteiger partial charge in [0.15, 0.2) is 11.0 Å². The molecule has 0 fully saturated rings. The first-order valence-corrected chi connectivity index (χ1v) is 10.9. The number of anilines is 1. The van der Waals surface area contributed by atoms with Crippen LogP contribution in [-0.4, -0.2) is 26.4 Å². The Balaban J connectivity index is 1.46. The summed E-state index contributed by atoms with van der Waals surface area (Å²) in [5, 5.41) is 22.2. The molecule has 0 saturated carbocycles. The van der Waals surface area contributed by atoms with E-state index in [1.807, 2.05) is 24.5 Å². The van der Waals surface area contributed by atoms with Crippen LogP contribution < -0.4 is 5.32 Å². The van der Waals surface area contributed by atoms with E-state index in [0.29, 0.717) is 22.3 Å². The van der Waals surface area contributed by atoms with Gasteiger partial charge in [0, 0.05) is 11.4 Å². The zero-order valence-corrected chi connectivity index (χ0v) is 17.2. The summed E-state index contributed by atoms with van der Waals surface area (Å²) in [6.07, 6.45) is 4.64. The maximum Gasteiger partial charge on any atom is 0.235 e. The number of furan rings is 1. The predicted molar refractivity (Wildman–Crippen MR) is 109 cm³/mol. The van der Waals surface area contributed by atoms with Crippen molar-refractivity contribution in [3.8, 4) is 17.5 Å². The lowest BCUT2D eigenvalue weighted by molar-refractivity contribution is -0.113. The molecule has 1 N–H and O–H groups in total. The molecule has 0 atom stereocenters. The quantitative estimate of drug-likeness (QED) is 0.613. The molecule has 9 heteroatoms. The molecule has 0 saturated heterocycles. The third kappa shape index (κ3) is 3.34. The molecular weight excluding hydrogens is 394 g/mol. The number of nitrogens with one attached hydrogen (secondary N) is 1. The molecule has 0 spiro atoms. The van der Waals surface area contributed by atoms with Crippen molar-refractivity contribution < 1.29 is 9.21 Å². The number of fused-ring (bicyclic) bond motifs is 1. The van der Waals surface area contributed by atoms with Gasteiger partial charge in [-0.3, -0.25) is 4.79 Å². The fraction of sp³-hybridized carbons (Fsp3) is 0.368. The summed E-state index contributed by atoms with van der Waals surface area (Å²) in [4.78, 5) is 13.7. The van der Waals surface area contributed by atoms with Crippen LogP contribution in [0.15, 0.2) is 21.9 Å². The van der Waals surface area contributed by atoms with E-state index in [1.165, 1.54) is 28.0 Å². The molecule has 4 rings (SSSR count). The summed E-state index contributed by atoms with van der Waals surface area (Å²) >= 11 is 2.86. The van der Waals surface area contributed by atoms with Crippen LogP contribution in [0.3, 0.4) is 0 Å². The largest absolute Gasteiger partial charge is 0.469 e. The van der Waals surface area contributed by atoms with Crippen molar-refractivity contribution >= 4 is 34.0 Å². The van der Waals surface area contributed by atoms with Crippen molar-refractivity contribution in [1.29, 1.82) is 5.26 Å². The number of nitrogens with zero attached hydrogens (tertiary/aromatic N) is 4. The topological polar surface area (TPSA) is 96.7 Å². The Hall–Kier alpha value is -2.57. The van der Waals surface area contributed by atoms with Crippen molar-refractivity contribution in [2.75, 3.05) is 11.1 Å². The molecule has 1 aliphatic carbocycles. The first-order chi connectivity index (χ1) is 13.6. The van der Waals surface area contributed by atoms with E-state index in [0.717, 1.165) is 42.0 Å². The highest BCUT2D eigenvalue weighted by Crippen LogP contribution is 2.38. The van der Waals surface area contributed by atoms with E-state index < -0.39 is 0 Å². The van der Waals surface area contributed by atoms with Crippen molar-refractivity contribution in [2.45, 2.75) is 44.8 Å². The second-order valence-electron chi connectivity index (χ2n) is 6.45. The van der Waals surface area contributed by atoms with Gasteiger partial charge in [0.2, 0.25) is 5.91 Å². The maximum absolute atomic E-state index is 12.5. The molecule has 0 aliphatic heterocycles. The summed E-state index contributed by atoms with van der Waals surface area (Å²) in [5.41, 5.74) is 2.64. The van der Waals surface area contributed by atoms with Crippen molar-refractivity contribution in [3.63, 3.8) is 0 Å². The normalized spacial score (nSPS) is 12.8. The number of thiophene rings is 1. The Kier molecular flexibility index (Phi) is 5.24. The standard InChI is InChI=1S/C19H19N5O2S2/c1-3-24-17(12-7-8-26-11(12)2)22-23-19(24)27-10-16(25)21-18-14(9-20)13-5-4-6-15(13)28-18/h7-8H,3-6,10H2,1-2H3,(H,21,25). The molecule has 3 aromatic rings. The van der Waals surface area contributed by atoms with Gasteiger partial charge in [-0.05, 0) is 44.7 Å². The van der Waals surface area contributed by atoms with Crippen LogP contribution in [0.1, 0.15) is 35.1 Å². The highest BCUT2D eigenvalue weighted by Gasteiger charge is 2.23. The minimum atomic E-state index is -0.145. The number of thioether (sulfide) groups is 1. The number of carbonyl (C=O) groups excluding carboxylic acids is 1. The number of aryl methyl sites for hydroxylation is 2. The van der Waals surface area contributed by atoms with Gasteiger partial charge < -0.3 is 14.3 Å². The van der Waals surface area contributed by atoms with Gasteiger partial charge in [0.25, 0.3) is 0 Å². The highest BCUT2D eigenvalue weighted by molar-refractivity contribution is 7.99. The third-order valence-corrected chi connectivity index (χ3v) is 6.93. The smallest absolute Gasteiger partial charge is 0.235 e.